The third-order valence-electron chi connectivity index (χ3n) is 1.73. The van der Waals surface area contributed by atoms with Crippen molar-refractivity contribution in [3.05, 3.63) is 0 Å². The summed E-state index contributed by atoms with van der Waals surface area (Å²) in [7, 11) is 1.96. The molecule has 2 heteroatoms. The van der Waals surface area contributed by atoms with E-state index in [-0.39, 0.29) is 0 Å². The van der Waals surface area contributed by atoms with E-state index in [0.717, 1.165) is 26.1 Å². The Kier molecular flexibility index (Phi) is 8.20. The Morgan fingerprint density at radius 3 is 2.75 bits per heavy atom. The predicted molar refractivity (Wildman–Crippen MR) is 52.0 cm³/mol. The molecule has 0 amide bonds. The minimum absolute atomic E-state index is 0.450. The van der Waals surface area contributed by atoms with Gasteiger partial charge in [0.15, 0.2) is 0 Å². The monoisotopic (exact) mass is 169 g/mol. The molecule has 0 radical (unpaired) electrons. The summed E-state index contributed by atoms with van der Waals surface area (Å²) in [5.74, 6) is 5.93. The lowest BCUT2D eigenvalue weighted by atomic mass is 10.2. The quantitative estimate of drug-likeness (QED) is 0.607. The molecule has 0 aliphatic rings. The maximum atomic E-state index is 5.31. The van der Waals surface area contributed by atoms with Crippen molar-refractivity contribution in [2.24, 2.45) is 0 Å². The van der Waals surface area contributed by atoms with Gasteiger partial charge in [0, 0.05) is 19.1 Å². The van der Waals surface area contributed by atoms with Gasteiger partial charge in [0.1, 0.15) is 0 Å². The molecular formula is C10H19NO. The molecule has 1 N–H and O–H groups in total. The van der Waals surface area contributed by atoms with Crippen LogP contribution in [0.2, 0.25) is 0 Å². The van der Waals surface area contributed by atoms with Crippen molar-refractivity contribution in [2.45, 2.75) is 32.7 Å². The molecule has 0 aromatic rings. The summed E-state index contributed by atoms with van der Waals surface area (Å²) in [5.41, 5.74) is 0. The van der Waals surface area contributed by atoms with Gasteiger partial charge in [-0.15, -0.1) is 11.8 Å². The van der Waals surface area contributed by atoms with E-state index in [9.17, 15) is 0 Å². The molecule has 0 saturated heterocycles. The van der Waals surface area contributed by atoms with Crippen molar-refractivity contribution in [3.63, 3.8) is 0 Å². The van der Waals surface area contributed by atoms with E-state index in [0.29, 0.717) is 6.04 Å². The van der Waals surface area contributed by atoms with Gasteiger partial charge in [-0.05, 0) is 27.3 Å². The van der Waals surface area contributed by atoms with Crippen LogP contribution >= 0.6 is 0 Å². The van der Waals surface area contributed by atoms with Crippen LogP contribution in [0.5, 0.6) is 0 Å². The van der Waals surface area contributed by atoms with Crippen molar-refractivity contribution < 1.29 is 4.74 Å². The van der Waals surface area contributed by atoms with Crippen LogP contribution in [0.1, 0.15) is 26.7 Å². The predicted octanol–water partition coefficient (Wildman–Crippen LogP) is 1.41. The third-order valence-corrected chi connectivity index (χ3v) is 1.73. The largest absolute Gasteiger partial charge is 0.380 e. The first-order chi connectivity index (χ1) is 5.85. The highest BCUT2D eigenvalue weighted by atomic mass is 16.5. The Bertz CT molecular complexity index is 146. The van der Waals surface area contributed by atoms with Crippen LogP contribution in [-0.4, -0.2) is 26.3 Å². The molecule has 2 nitrogen and oxygen atoms in total. The maximum Gasteiger partial charge on any atom is 0.0619 e. The minimum atomic E-state index is 0.450. The molecule has 1 unspecified atom stereocenters. The zero-order chi connectivity index (χ0) is 9.23. The fourth-order valence-corrected chi connectivity index (χ4v) is 0.943. The average Bonchev–Trinajstić information content (AvgIpc) is 2.11. The van der Waals surface area contributed by atoms with Gasteiger partial charge in [-0.2, -0.15) is 0 Å². The van der Waals surface area contributed by atoms with Gasteiger partial charge >= 0.3 is 0 Å². The summed E-state index contributed by atoms with van der Waals surface area (Å²) in [6.45, 7) is 5.46. The highest BCUT2D eigenvalue weighted by molar-refractivity contribution is 4.95. The standard InChI is InChI=1S/C10H19NO/c1-4-6-7-8-10(11-3)9-12-5-2/h10-11H,5,7-9H2,1-3H3. The van der Waals surface area contributed by atoms with E-state index in [1.165, 1.54) is 0 Å². The molecule has 0 rings (SSSR count). The summed E-state index contributed by atoms with van der Waals surface area (Å²) >= 11 is 0. The summed E-state index contributed by atoms with van der Waals surface area (Å²) in [5, 5.41) is 3.20. The Morgan fingerprint density at radius 2 is 2.25 bits per heavy atom. The Morgan fingerprint density at radius 1 is 1.50 bits per heavy atom. The van der Waals surface area contributed by atoms with Crippen molar-refractivity contribution >= 4 is 0 Å². The van der Waals surface area contributed by atoms with Gasteiger partial charge in [-0.1, -0.05) is 0 Å². The van der Waals surface area contributed by atoms with E-state index in [1.807, 2.05) is 20.9 Å². The number of hydrogen-bond acceptors (Lipinski definition) is 2. The van der Waals surface area contributed by atoms with Crippen LogP contribution in [0, 0.1) is 11.8 Å². The Labute approximate surface area is 75.7 Å². The molecule has 0 aliphatic carbocycles. The van der Waals surface area contributed by atoms with Crippen LogP contribution in [0.15, 0.2) is 0 Å². The lowest BCUT2D eigenvalue weighted by molar-refractivity contribution is 0.123. The number of hydrogen-bond donors (Lipinski definition) is 1. The smallest absolute Gasteiger partial charge is 0.0619 e. The Hall–Kier alpha value is -0.520. The fourth-order valence-electron chi connectivity index (χ4n) is 0.943. The molecule has 1 atom stereocenters. The molecule has 12 heavy (non-hydrogen) atoms. The number of rotatable bonds is 6. The molecule has 0 bridgehead atoms. The second-order valence-electron chi connectivity index (χ2n) is 2.61. The number of nitrogens with one attached hydrogen (secondary N) is 1. The van der Waals surface area contributed by atoms with Crippen LogP contribution in [0.3, 0.4) is 0 Å². The minimum Gasteiger partial charge on any atom is -0.380 e. The highest BCUT2D eigenvalue weighted by Gasteiger charge is 2.03. The maximum absolute atomic E-state index is 5.31. The molecule has 0 saturated carbocycles. The molecular weight excluding hydrogens is 150 g/mol. The first-order valence-electron chi connectivity index (χ1n) is 4.49. The molecule has 0 aliphatic heterocycles. The van der Waals surface area contributed by atoms with Crippen LogP contribution in [0.25, 0.3) is 0 Å². The fraction of sp³-hybridized carbons (Fsp3) is 0.800. The lowest BCUT2D eigenvalue weighted by Gasteiger charge is -2.13. The second-order valence-corrected chi connectivity index (χ2v) is 2.61. The molecule has 0 heterocycles. The van der Waals surface area contributed by atoms with Gasteiger partial charge < -0.3 is 10.1 Å². The lowest BCUT2D eigenvalue weighted by Crippen LogP contribution is -2.30. The van der Waals surface area contributed by atoms with Gasteiger partial charge in [-0.25, -0.2) is 0 Å². The van der Waals surface area contributed by atoms with Gasteiger partial charge in [0.25, 0.3) is 0 Å². The van der Waals surface area contributed by atoms with Crippen molar-refractivity contribution in [2.75, 3.05) is 20.3 Å². The van der Waals surface area contributed by atoms with E-state index in [2.05, 4.69) is 17.2 Å². The number of ether oxygens (including phenoxy) is 1. The second kappa shape index (κ2) is 8.58. The first-order valence-corrected chi connectivity index (χ1v) is 4.49. The summed E-state index contributed by atoms with van der Waals surface area (Å²) in [6.07, 6.45) is 2.02. The average molecular weight is 169 g/mol. The molecule has 0 aromatic carbocycles. The van der Waals surface area contributed by atoms with Gasteiger partial charge in [0.2, 0.25) is 0 Å². The van der Waals surface area contributed by atoms with Crippen LogP contribution in [-0.2, 0) is 4.74 Å². The van der Waals surface area contributed by atoms with Crippen molar-refractivity contribution in [1.82, 2.24) is 5.32 Å². The van der Waals surface area contributed by atoms with Gasteiger partial charge in [0.05, 0.1) is 6.61 Å². The molecule has 0 fully saturated rings. The first kappa shape index (κ1) is 11.5. The Balaban J connectivity index is 3.43. The summed E-state index contributed by atoms with van der Waals surface area (Å²) < 4.78 is 5.31. The SMILES string of the molecule is CC#CCCC(COCC)NC. The van der Waals surface area contributed by atoms with Crippen LogP contribution < -0.4 is 5.32 Å². The van der Waals surface area contributed by atoms with Gasteiger partial charge in [-0.3, -0.25) is 0 Å². The van der Waals surface area contributed by atoms with Crippen molar-refractivity contribution in [3.8, 4) is 11.8 Å². The van der Waals surface area contributed by atoms with E-state index < -0.39 is 0 Å². The highest BCUT2D eigenvalue weighted by Crippen LogP contribution is 1.96. The molecule has 70 valence electrons. The molecule has 0 spiro atoms. The van der Waals surface area contributed by atoms with E-state index in [1.54, 1.807) is 0 Å². The van der Waals surface area contributed by atoms with E-state index in [4.69, 9.17) is 4.74 Å². The number of likely N-dealkylation sites (N-methyl/N-ethyl adjacent to an activating group) is 1. The topological polar surface area (TPSA) is 21.3 Å². The van der Waals surface area contributed by atoms with Crippen molar-refractivity contribution in [1.29, 1.82) is 0 Å². The summed E-state index contributed by atoms with van der Waals surface area (Å²) in [6, 6.07) is 0.450. The third kappa shape index (κ3) is 6.21. The van der Waals surface area contributed by atoms with E-state index >= 15 is 0 Å². The zero-order valence-corrected chi connectivity index (χ0v) is 8.31. The normalized spacial score (nSPS) is 11.9. The van der Waals surface area contributed by atoms with Crippen LogP contribution in [0.4, 0.5) is 0 Å². The zero-order valence-electron chi connectivity index (χ0n) is 8.31. The summed E-state index contributed by atoms with van der Waals surface area (Å²) in [4.78, 5) is 0. The molecule has 0 aromatic heterocycles.